The molecule has 0 aliphatic heterocycles. The summed E-state index contributed by atoms with van der Waals surface area (Å²) in [5.74, 6) is 0.658. The van der Waals surface area contributed by atoms with Crippen LogP contribution in [0.25, 0.3) is 0 Å². The Morgan fingerprint density at radius 3 is 2.87 bits per heavy atom. The number of rotatable bonds is 4. The minimum absolute atomic E-state index is 0.0600. The first-order chi connectivity index (χ1) is 7.17. The van der Waals surface area contributed by atoms with Crippen molar-refractivity contribution in [1.29, 1.82) is 5.26 Å². The summed E-state index contributed by atoms with van der Waals surface area (Å²) in [5.41, 5.74) is 1.66. The van der Waals surface area contributed by atoms with Crippen LogP contribution >= 0.6 is 0 Å². The molecule has 0 saturated heterocycles. The number of nitrogens with zero attached hydrogens (tertiary/aromatic N) is 1. The van der Waals surface area contributed by atoms with Crippen molar-refractivity contribution in [1.82, 2.24) is 5.32 Å². The van der Waals surface area contributed by atoms with Gasteiger partial charge in [0.25, 0.3) is 0 Å². The lowest BCUT2D eigenvalue weighted by Gasteiger charge is -2.15. The maximum Gasteiger partial charge on any atom is 0.137 e. The molecule has 1 atom stereocenters. The van der Waals surface area contributed by atoms with E-state index in [0.717, 1.165) is 12.1 Å². The molecule has 1 unspecified atom stereocenters. The molecule has 0 aliphatic rings. The maximum atomic E-state index is 8.94. The van der Waals surface area contributed by atoms with Gasteiger partial charge in [0.1, 0.15) is 17.9 Å². The molecule has 0 aromatic heterocycles. The number of ether oxygens (including phenoxy) is 1. The summed E-state index contributed by atoms with van der Waals surface area (Å²) in [6.07, 6.45) is 0.0600. The second-order valence-corrected chi connectivity index (χ2v) is 3.60. The molecule has 15 heavy (non-hydrogen) atoms. The Hall–Kier alpha value is -1.53. The highest BCUT2D eigenvalue weighted by Gasteiger charge is 2.07. The van der Waals surface area contributed by atoms with Gasteiger partial charge in [-0.3, -0.25) is 0 Å². The molecule has 0 fully saturated rings. The molecule has 0 spiro atoms. The highest BCUT2D eigenvalue weighted by molar-refractivity contribution is 5.45. The molecule has 3 nitrogen and oxygen atoms in total. The lowest BCUT2D eigenvalue weighted by atomic mass is 10.1. The number of hydrogen-bond donors (Lipinski definition) is 1. The Labute approximate surface area is 90.7 Å². The Kier molecular flexibility index (Phi) is 4.14. The summed E-state index contributed by atoms with van der Waals surface area (Å²) in [7, 11) is 1.88. The molecule has 1 rings (SSSR count). The molecular weight excluding hydrogens is 188 g/mol. The molecule has 0 amide bonds. The van der Waals surface area contributed by atoms with Gasteiger partial charge in [0, 0.05) is 6.54 Å². The van der Waals surface area contributed by atoms with Crippen molar-refractivity contribution in [3.8, 4) is 11.8 Å². The zero-order chi connectivity index (χ0) is 11.3. The van der Waals surface area contributed by atoms with Crippen LogP contribution in [0.5, 0.6) is 5.75 Å². The average Bonchev–Trinajstić information content (AvgIpc) is 2.21. The van der Waals surface area contributed by atoms with E-state index in [9.17, 15) is 0 Å². The summed E-state index contributed by atoms with van der Waals surface area (Å²) >= 11 is 0. The summed E-state index contributed by atoms with van der Waals surface area (Å²) in [6, 6.07) is 7.77. The van der Waals surface area contributed by atoms with Crippen LogP contribution in [0.2, 0.25) is 0 Å². The molecule has 80 valence electrons. The van der Waals surface area contributed by atoms with Gasteiger partial charge in [-0.1, -0.05) is 6.07 Å². The first-order valence-electron chi connectivity index (χ1n) is 4.99. The van der Waals surface area contributed by atoms with Gasteiger partial charge in [0.05, 0.1) is 5.56 Å². The second kappa shape index (κ2) is 5.38. The fourth-order valence-corrected chi connectivity index (χ4v) is 1.38. The normalized spacial score (nSPS) is 11.9. The summed E-state index contributed by atoms with van der Waals surface area (Å²) in [5, 5.41) is 12.0. The van der Waals surface area contributed by atoms with Crippen molar-refractivity contribution < 1.29 is 4.74 Å². The van der Waals surface area contributed by atoms with Crippen molar-refractivity contribution in [2.45, 2.75) is 20.0 Å². The zero-order valence-electron chi connectivity index (χ0n) is 9.37. The fourth-order valence-electron chi connectivity index (χ4n) is 1.38. The molecule has 0 bridgehead atoms. The van der Waals surface area contributed by atoms with Crippen LogP contribution < -0.4 is 10.1 Å². The smallest absolute Gasteiger partial charge is 0.137 e. The van der Waals surface area contributed by atoms with Crippen LogP contribution in [-0.4, -0.2) is 19.7 Å². The molecule has 3 heteroatoms. The number of likely N-dealkylation sites (N-methyl/N-ethyl adjacent to an activating group) is 1. The first-order valence-corrected chi connectivity index (χ1v) is 4.99. The van der Waals surface area contributed by atoms with E-state index in [4.69, 9.17) is 10.00 Å². The van der Waals surface area contributed by atoms with Gasteiger partial charge < -0.3 is 10.1 Å². The van der Waals surface area contributed by atoms with Crippen LogP contribution in [0.4, 0.5) is 0 Å². The lowest BCUT2D eigenvalue weighted by molar-refractivity contribution is 0.220. The van der Waals surface area contributed by atoms with Gasteiger partial charge in [-0.05, 0) is 38.6 Å². The second-order valence-electron chi connectivity index (χ2n) is 3.60. The van der Waals surface area contributed by atoms with Crippen molar-refractivity contribution in [2.75, 3.05) is 13.6 Å². The molecule has 1 aromatic rings. The van der Waals surface area contributed by atoms with E-state index >= 15 is 0 Å². The van der Waals surface area contributed by atoms with Crippen LogP contribution in [0.1, 0.15) is 18.1 Å². The van der Waals surface area contributed by atoms with Gasteiger partial charge in [0.2, 0.25) is 0 Å². The third-order valence-electron chi connectivity index (χ3n) is 2.08. The molecule has 1 aromatic carbocycles. The minimum atomic E-state index is 0.0600. The highest BCUT2D eigenvalue weighted by atomic mass is 16.5. The standard InChI is InChI=1S/C12H16N2O/c1-9-4-5-12(11(6-9)7-13)15-10(2)8-14-3/h4-6,10,14H,8H2,1-3H3. The van der Waals surface area contributed by atoms with E-state index in [1.165, 1.54) is 0 Å². The van der Waals surface area contributed by atoms with Crippen molar-refractivity contribution in [3.05, 3.63) is 29.3 Å². The predicted molar refractivity (Wildman–Crippen MR) is 59.9 cm³/mol. The van der Waals surface area contributed by atoms with Crippen LogP contribution in [0, 0.1) is 18.3 Å². The van der Waals surface area contributed by atoms with Crippen molar-refractivity contribution >= 4 is 0 Å². The number of aryl methyl sites for hydroxylation is 1. The lowest BCUT2D eigenvalue weighted by Crippen LogP contribution is -2.26. The van der Waals surface area contributed by atoms with Crippen LogP contribution in [-0.2, 0) is 0 Å². The summed E-state index contributed by atoms with van der Waals surface area (Å²) < 4.78 is 5.65. The van der Waals surface area contributed by atoms with E-state index < -0.39 is 0 Å². The first kappa shape index (κ1) is 11.5. The Morgan fingerprint density at radius 2 is 2.27 bits per heavy atom. The Balaban J connectivity index is 2.81. The number of hydrogen-bond acceptors (Lipinski definition) is 3. The van der Waals surface area contributed by atoms with E-state index in [0.29, 0.717) is 11.3 Å². The zero-order valence-corrected chi connectivity index (χ0v) is 9.37. The molecule has 0 radical (unpaired) electrons. The molecular formula is C12H16N2O. The van der Waals surface area contributed by atoms with E-state index in [-0.39, 0.29) is 6.10 Å². The van der Waals surface area contributed by atoms with Gasteiger partial charge in [-0.15, -0.1) is 0 Å². The monoisotopic (exact) mass is 204 g/mol. The van der Waals surface area contributed by atoms with Crippen molar-refractivity contribution in [3.63, 3.8) is 0 Å². The summed E-state index contributed by atoms with van der Waals surface area (Å²) in [6.45, 7) is 4.69. The molecule has 0 saturated carbocycles. The van der Waals surface area contributed by atoms with Gasteiger partial charge in [0.15, 0.2) is 0 Å². The largest absolute Gasteiger partial charge is 0.488 e. The third kappa shape index (κ3) is 3.26. The highest BCUT2D eigenvalue weighted by Crippen LogP contribution is 2.20. The topological polar surface area (TPSA) is 45.0 Å². The quantitative estimate of drug-likeness (QED) is 0.814. The average molecular weight is 204 g/mol. The van der Waals surface area contributed by atoms with Crippen LogP contribution in [0.15, 0.2) is 18.2 Å². The van der Waals surface area contributed by atoms with Gasteiger partial charge in [-0.2, -0.15) is 5.26 Å². The number of nitriles is 1. The fraction of sp³-hybridized carbons (Fsp3) is 0.417. The maximum absolute atomic E-state index is 8.94. The van der Waals surface area contributed by atoms with Crippen LogP contribution in [0.3, 0.4) is 0 Å². The van der Waals surface area contributed by atoms with Gasteiger partial charge >= 0.3 is 0 Å². The Morgan fingerprint density at radius 1 is 1.53 bits per heavy atom. The molecule has 0 heterocycles. The van der Waals surface area contributed by atoms with E-state index in [1.807, 2.05) is 39.1 Å². The summed E-state index contributed by atoms with van der Waals surface area (Å²) in [4.78, 5) is 0. The minimum Gasteiger partial charge on any atom is -0.488 e. The van der Waals surface area contributed by atoms with Gasteiger partial charge in [-0.25, -0.2) is 0 Å². The number of benzene rings is 1. The predicted octanol–water partition coefficient (Wildman–Crippen LogP) is 1.85. The third-order valence-corrected chi connectivity index (χ3v) is 2.08. The van der Waals surface area contributed by atoms with E-state index in [1.54, 1.807) is 0 Å². The Bertz CT molecular complexity index is 368. The SMILES string of the molecule is CNCC(C)Oc1ccc(C)cc1C#N. The van der Waals surface area contributed by atoms with Crippen molar-refractivity contribution in [2.24, 2.45) is 0 Å². The molecule has 1 N–H and O–H groups in total. The number of nitrogens with one attached hydrogen (secondary N) is 1. The molecule has 0 aliphatic carbocycles. The van der Waals surface area contributed by atoms with E-state index in [2.05, 4.69) is 11.4 Å².